The summed E-state index contributed by atoms with van der Waals surface area (Å²) in [6, 6.07) is 8.36. The first kappa shape index (κ1) is 11.0. The third-order valence-corrected chi connectivity index (χ3v) is 4.77. The molecule has 3 aromatic rings. The van der Waals surface area contributed by atoms with Gasteiger partial charge in [0.05, 0.1) is 21.1 Å². The van der Waals surface area contributed by atoms with Crippen molar-refractivity contribution in [1.82, 2.24) is 9.55 Å². The van der Waals surface area contributed by atoms with E-state index in [2.05, 4.69) is 40.0 Å². The second-order valence-electron chi connectivity index (χ2n) is 3.67. The lowest BCUT2D eigenvalue weighted by atomic mass is 10.2. The van der Waals surface area contributed by atoms with Crippen molar-refractivity contribution in [3.05, 3.63) is 39.8 Å². The zero-order valence-electron chi connectivity index (χ0n) is 9.14. The van der Waals surface area contributed by atoms with Gasteiger partial charge in [-0.25, -0.2) is 0 Å². The van der Waals surface area contributed by atoms with Gasteiger partial charge in [-0.3, -0.25) is 0 Å². The Morgan fingerprint density at radius 2 is 1.76 bits per heavy atom. The van der Waals surface area contributed by atoms with Crippen LogP contribution in [0.3, 0.4) is 0 Å². The van der Waals surface area contributed by atoms with Crippen LogP contribution in [0.15, 0.2) is 35.0 Å². The van der Waals surface area contributed by atoms with E-state index >= 15 is 0 Å². The molecule has 86 valence electrons. The quantitative estimate of drug-likeness (QED) is 0.683. The van der Waals surface area contributed by atoms with Crippen molar-refractivity contribution in [1.29, 1.82) is 0 Å². The Morgan fingerprint density at radius 1 is 1.12 bits per heavy atom. The highest BCUT2D eigenvalue weighted by molar-refractivity contribution is 7.71. The van der Waals surface area contributed by atoms with Gasteiger partial charge < -0.3 is 9.55 Å². The van der Waals surface area contributed by atoms with E-state index in [4.69, 9.17) is 12.2 Å². The van der Waals surface area contributed by atoms with Crippen LogP contribution in [0.1, 0.15) is 0 Å². The van der Waals surface area contributed by atoms with Crippen LogP contribution in [0.5, 0.6) is 0 Å². The summed E-state index contributed by atoms with van der Waals surface area (Å²) in [5.41, 5.74) is 2.29. The van der Waals surface area contributed by atoms with Gasteiger partial charge in [0.2, 0.25) is 0 Å². The number of aromatic nitrogens is 2. The Kier molecular flexibility index (Phi) is 2.74. The van der Waals surface area contributed by atoms with Gasteiger partial charge in [0.1, 0.15) is 0 Å². The highest BCUT2D eigenvalue weighted by atomic mass is 32.1. The molecule has 0 aliphatic heterocycles. The average Bonchev–Trinajstić information content (AvgIpc) is 3.01. The number of nitrogens with one attached hydrogen (secondary N) is 1. The summed E-state index contributed by atoms with van der Waals surface area (Å²) in [6.45, 7) is 0. The van der Waals surface area contributed by atoms with Crippen LogP contribution in [-0.4, -0.2) is 9.55 Å². The molecule has 2 nitrogen and oxygen atoms in total. The number of aromatic amines is 1. The fourth-order valence-corrected chi connectivity index (χ4v) is 3.55. The molecule has 17 heavy (non-hydrogen) atoms. The Hall–Kier alpha value is -1.17. The average molecular weight is 278 g/mol. The lowest BCUT2D eigenvalue weighted by Crippen LogP contribution is -1.90. The van der Waals surface area contributed by atoms with Crippen LogP contribution in [0.25, 0.3) is 21.1 Å². The molecule has 0 bridgehead atoms. The number of H-pyrrole nitrogens is 1. The van der Waals surface area contributed by atoms with Gasteiger partial charge in [-0.05, 0) is 35.1 Å². The zero-order valence-corrected chi connectivity index (χ0v) is 11.6. The number of hydrogen-bond acceptors (Lipinski definition) is 3. The number of imidazole rings is 1. The highest BCUT2D eigenvalue weighted by Gasteiger charge is 2.14. The van der Waals surface area contributed by atoms with Crippen LogP contribution in [0.2, 0.25) is 0 Å². The molecule has 0 spiro atoms. The summed E-state index contributed by atoms with van der Waals surface area (Å²) < 4.78 is 2.80. The maximum absolute atomic E-state index is 5.33. The minimum absolute atomic E-state index is 0.761. The lowest BCUT2D eigenvalue weighted by molar-refractivity contribution is 0.904. The van der Waals surface area contributed by atoms with Gasteiger partial charge in [-0.1, -0.05) is 12.1 Å². The van der Waals surface area contributed by atoms with Crippen molar-refractivity contribution in [2.45, 2.75) is 0 Å². The Labute approximate surface area is 112 Å². The van der Waals surface area contributed by atoms with Crippen molar-refractivity contribution in [2.75, 3.05) is 0 Å². The predicted octanol–water partition coefficient (Wildman–Crippen LogP) is 4.54. The number of hydrogen-bond donors (Lipinski definition) is 1. The molecule has 0 aliphatic carbocycles. The standard InChI is InChI=1S/C12H10N2S3/c1-14-11(9-5-3-7-17-9)10(13-12(14)15)8-4-2-6-16-8/h2-7H,1H3,(H,13,15). The molecule has 0 radical (unpaired) electrons. The minimum Gasteiger partial charge on any atom is -0.329 e. The monoisotopic (exact) mass is 278 g/mol. The molecule has 0 aromatic carbocycles. The molecule has 3 heterocycles. The van der Waals surface area contributed by atoms with Crippen molar-refractivity contribution >= 4 is 34.9 Å². The summed E-state index contributed by atoms with van der Waals surface area (Å²) in [7, 11) is 2.00. The molecule has 0 aliphatic rings. The van der Waals surface area contributed by atoms with Crippen molar-refractivity contribution in [3.8, 4) is 21.1 Å². The summed E-state index contributed by atoms with van der Waals surface area (Å²) >= 11 is 8.78. The fraction of sp³-hybridized carbons (Fsp3) is 0.0833. The zero-order chi connectivity index (χ0) is 11.8. The van der Waals surface area contributed by atoms with E-state index in [0.717, 1.165) is 10.5 Å². The summed E-state index contributed by atoms with van der Waals surface area (Å²) in [5.74, 6) is 0. The molecule has 0 fully saturated rings. The predicted molar refractivity (Wildman–Crippen MR) is 77.2 cm³/mol. The molecule has 0 saturated carbocycles. The first-order valence-electron chi connectivity index (χ1n) is 5.14. The summed E-state index contributed by atoms with van der Waals surface area (Å²) in [4.78, 5) is 5.76. The third-order valence-electron chi connectivity index (χ3n) is 2.63. The number of thiophene rings is 2. The van der Waals surface area contributed by atoms with Gasteiger partial charge in [0.25, 0.3) is 0 Å². The van der Waals surface area contributed by atoms with Crippen molar-refractivity contribution in [2.24, 2.45) is 7.05 Å². The normalized spacial score (nSPS) is 10.9. The van der Waals surface area contributed by atoms with Gasteiger partial charge in [0, 0.05) is 7.05 Å². The first-order chi connectivity index (χ1) is 8.27. The first-order valence-corrected chi connectivity index (χ1v) is 7.31. The molecule has 0 unspecified atom stereocenters. The van der Waals surface area contributed by atoms with E-state index in [1.165, 1.54) is 15.4 Å². The lowest BCUT2D eigenvalue weighted by Gasteiger charge is -2.02. The Balaban J connectivity index is 2.30. The van der Waals surface area contributed by atoms with Crippen LogP contribution < -0.4 is 0 Å². The second-order valence-corrected chi connectivity index (χ2v) is 5.95. The molecule has 0 amide bonds. The fourth-order valence-electron chi connectivity index (χ4n) is 1.82. The number of rotatable bonds is 2. The molecule has 3 aromatic heterocycles. The van der Waals surface area contributed by atoms with E-state index < -0.39 is 0 Å². The van der Waals surface area contributed by atoms with Crippen LogP contribution in [-0.2, 0) is 7.05 Å². The molecule has 3 rings (SSSR count). The van der Waals surface area contributed by atoms with Gasteiger partial charge in [0.15, 0.2) is 4.77 Å². The maximum Gasteiger partial charge on any atom is 0.177 e. The summed E-state index contributed by atoms with van der Waals surface area (Å²) in [5, 5.41) is 4.17. The second kappa shape index (κ2) is 4.25. The van der Waals surface area contributed by atoms with Crippen LogP contribution >= 0.6 is 34.9 Å². The van der Waals surface area contributed by atoms with Crippen LogP contribution in [0.4, 0.5) is 0 Å². The van der Waals surface area contributed by atoms with Gasteiger partial charge in [-0.15, -0.1) is 22.7 Å². The van der Waals surface area contributed by atoms with E-state index in [1.807, 2.05) is 11.6 Å². The van der Waals surface area contributed by atoms with E-state index in [-0.39, 0.29) is 0 Å². The third kappa shape index (κ3) is 1.80. The largest absolute Gasteiger partial charge is 0.329 e. The smallest absolute Gasteiger partial charge is 0.177 e. The molecular weight excluding hydrogens is 268 g/mol. The van der Waals surface area contributed by atoms with Gasteiger partial charge >= 0.3 is 0 Å². The number of nitrogens with zero attached hydrogens (tertiary/aromatic N) is 1. The SMILES string of the molecule is Cn1c(-c2cccs2)c(-c2cccs2)[nH]c1=S. The van der Waals surface area contributed by atoms with Crippen molar-refractivity contribution in [3.63, 3.8) is 0 Å². The molecule has 0 atom stereocenters. The molecule has 5 heteroatoms. The van der Waals surface area contributed by atoms with E-state index in [9.17, 15) is 0 Å². The molecule has 0 saturated heterocycles. The minimum atomic E-state index is 0.761. The van der Waals surface area contributed by atoms with E-state index in [0.29, 0.717) is 0 Å². The highest BCUT2D eigenvalue weighted by Crippen LogP contribution is 2.35. The van der Waals surface area contributed by atoms with Crippen LogP contribution in [0, 0.1) is 4.77 Å². The maximum atomic E-state index is 5.33. The molecule has 1 N–H and O–H groups in total. The topological polar surface area (TPSA) is 20.7 Å². The van der Waals surface area contributed by atoms with Gasteiger partial charge in [-0.2, -0.15) is 0 Å². The Morgan fingerprint density at radius 3 is 2.35 bits per heavy atom. The summed E-state index contributed by atoms with van der Waals surface area (Å²) in [6.07, 6.45) is 0. The molecular formula is C12H10N2S3. The van der Waals surface area contributed by atoms with Crippen molar-refractivity contribution < 1.29 is 0 Å². The van der Waals surface area contributed by atoms with E-state index in [1.54, 1.807) is 22.7 Å². The Bertz CT molecular complexity index is 672.